The number of aromatic nitrogens is 1. The van der Waals surface area contributed by atoms with Gasteiger partial charge in [-0.25, -0.2) is 4.98 Å². The fraction of sp³-hybridized carbons (Fsp3) is 0.667. The third kappa shape index (κ3) is 2.42. The molecule has 4 heteroatoms. The zero-order valence-corrected chi connectivity index (χ0v) is 9.43. The Balaban J connectivity index is 2.79. The summed E-state index contributed by atoms with van der Waals surface area (Å²) in [5, 5.41) is 3.07. The molecule has 0 aliphatic carbocycles. The molecule has 1 aromatic rings. The first-order chi connectivity index (χ1) is 6.02. The van der Waals surface area contributed by atoms with Gasteiger partial charge in [0.1, 0.15) is 0 Å². The SMILES string of the molecule is CC(N)c1csc(N(C)C(C)C)n1. The lowest BCUT2D eigenvalue weighted by Gasteiger charge is -2.19. The standard InChI is InChI=1S/C9H17N3S/c1-6(2)12(4)9-11-8(5-13-9)7(3)10/h5-7H,10H2,1-4H3. The average Bonchev–Trinajstić information content (AvgIpc) is 2.50. The van der Waals surface area contributed by atoms with Gasteiger partial charge in [-0.15, -0.1) is 11.3 Å². The van der Waals surface area contributed by atoms with Gasteiger partial charge in [-0.3, -0.25) is 0 Å². The summed E-state index contributed by atoms with van der Waals surface area (Å²) >= 11 is 1.65. The van der Waals surface area contributed by atoms with Gasteiger partial charge in [0, 0.05) is 24.5 Å². The predicted octanol–water partition coefficient (Wildman–Crippen LogP) is 2.01. The van der Waals surface area contributed by atoms with Crippen molar-refractivity contribution in [2.75, 3.05) is 11.9 Å². The van der Waals surface area contributed by atoms with Crippen molar-refractivity contribution in [2.45, 2.75) is 32.9 Å². The first kappa shape index (κ1) is 10.5. The molecular weight excluding hydrogens is 182 g/mol. The monoisotopic (exact) mass is 199 g/mol. The summed E-state index contributed by atoms with van der Waals surface area (Å²) in [6.07, 6.45) is 0. The van der Waals surface area contributed by atoms with Crippen molar-refractivity contribution in [1.82, 2.24) is 4.98 Å². The number of hydrogen-bond acceptors (Lipinski definition) is 4. The van der Waals surface area contributed by atoms with E-state index in [1.165, 1.54) is 0 Å². The van der Waals surface area contributed by atoms with Gasteiger partial charge in [-0.05, 0) is 20.8 Å². The van der Waals surface area contributed by atoms with Gasteiger partial charge >= 0.3 is 0 Å². The minimum Gasteiger partial charge on any atom is -0.349 e. The molecule has 0 saturated heterocycles. The maximum absolute atomic E-state index is 5.73. The first-order valence-corrected chi connectivity index (χ1v) is 5.34. The molecule has 0 aliphatic heterocycles. The van der Waals surface area contributed by atoms with Crippen molar-refractivity contribution >= 4 is 16.5 Å². The van der Waals surface area contributed by atoms with Crippen LogP contribution in [0.1, 0.15) is 32.5 Å². The smallest absolute Gasteiger partial charge is 0.185 e. The molecular formula is C9H17N3S. The molecule has 0 radical (unpaired) electrons. The minimum absolute atomic E-state index is 0.0329. The van der Waals surface area contributed by atoms with Gasteiger partial charge < -0.3 is 10.6 Å². The van der Waals surface area contributed by atoms with E-state index in [4.69, 9.17) is 5.73 Å². The summed E-state index contributed by atoms with van der Waals surface area (Å²) in [6.45, 7) is 6.24. The van der Waals surface area contributed by atoms with E-state index in [1.807, 2.05) is 12.3 Å². The summed E-state index contributed by atoms with van der Waals surface area (Å²) in [5.41, 5.74) is 6.71. The van der Waals surface area contributed by atoms with Crippen molar-refractivity contribution < 1.29 is 0 Å². The van der Waals surface area contributed by atoms with E-state index in [9.17, 15) is 0 Å². The Kier molecular flexibility index (Phi) is 3.27. The molecule has 0 saturated carbocycles. The largest absolute Gasteiger partial charge is 0.349 e. The van der Waals surface area contributed by atoms with Gasteiger partial charge in [0.15, 0.2) is 5.13 Å². The fourth-order valence-electron chi connectivity index (χ4n) is 0.868. The quantitative estimate of drug-likeness (QED) is 0.809. The minimum atomic E-state index is 0.0329. The van der Waals surface area contributed by atoms with Crippen LogP contribution in [0.2, 0.25) is 0 Å². The topological polar surface area (TPSA) is 42.1 Å². The Labute approximate surface area is 83.6 Å². The zero-order valence-electron chi connectivity index (χ0n) is 8.61. The molecule has 0 fully saturated rings. The van der Waals surface area contributed by atoms with Crippen LogP contribution < -0.4 is 10.6 Å². The van der Waals surface area contributed by atoms with Crippen molar-refractivity contribution in [3.8, 4) is 0 Å². The highest BCUT2D eigenvalue weighted by Gasteiger charge is 2.11. The molecule has 13 heavy (non-hydrogen) atoms. The summed E-state index contributed by atoms with van der Waals surface area (Å²) in [7, 11) is 2.05. The zero-order chi connectivity index (χ0) is 10.0. The first-order valence-electron chi connectivity index (χ1n) is 4.46. The Hall–Kier alpha value is -0.610. The van der Waals surface area contributed by atoms with Gasteiger partial charge in [-0.1, -0.05) is 0 Å². The molecule has 2 N–H and O–H groups in total. The van der Waals surface area contributed by atoms with Crippen LogP contribution in [0.4, 0.5) is 5.13 Å². The van der Waals surface area contributed by atoms with Crippen LogP contribution in [0.15, 0.2) is 5.38 Å². The van der Waals surface area contributed by atoms with E-state index in [2.05, 4.69) is 30.8 Å². The number of thiazole rings is 1. The Morgan fingerprint density at radius 1 is 1.46 bits per heavy atom. The molecule has 0 bridgehead atoms. The summed E-state index contributed by atoms with van der Waals surface area (Å²) in [4.78, 5) is 6.60. The molecule has 0 spiro atoms. The van der Waals surface area contributed by atoms with Crippen LogP contribution in [-0.2, 0) is 0 Å². The maximum Gasteiger partial charge on any atom is 0.185 e. The third-order valence-electron chi connectivity index (χ3n) is 2.05. The highest BCUT2D eigenvalue weighted by molar-refractivity contribution is 7.13. The Morgan fingerprint density at radius 2 is 2.08 bits per heavy atom. The van der Waals surface area contributed by atoms with Crippen molar-refractivity contribution in [3.05, 3.63) is 11.1 Å². The number of hydrogen-bond donors (Lipinski definition) is 1. The van der Waals surface area contributed by atoms with Gasteiger partial charge in [0.2, 0.25) is 0 Å². The molecule has 1 rings (SSSR count). The van der Waals surface area contributed by atoms with Crippen LogP contribution in [0.25, 0.3) is 0 Å². The average molecular weight is 199 g/mol. The maximum atomic E-state index is 5.73. The summed E-state index contributed by atoms with van der Waals surface area (Å²) < 4.78 is 0. The highest BCUT2D eigenvalue weighted by atomic mass is 32.1. The lowest BCUT2D eigenvalue weighted by molar-refractivity contribution is 0.739. The second-order valence-corrected chi connectivity index (χ2v) is 4.38. The lowest BCUT2D eigenvalue weighted by atomic mass is 10.3. The van der Waals surface area contributed by atoms with E-state index in [-0.39, 0.29) is 6.04 Å². The molecule has 1 aromatic heterocycles. The van der Waals surface area contributed by atoms with Crippen LogP contribution >= 0.6 is 11.3 Å². The molecule has 0 amide bonds. The van der Waals surface area contributed by atoms with Crippen molar-refractivity contribution in [2.24, 2.45) is 5.73 Å². The van der Waals surface area contributed by atoms with E-state index in [0.29, 0.717) is 6.04 Å². The van der Waals surface area contributed by atoms with Crippen molar-refractivity contribution in [1.29, 1.82) is 0 Å². The molecule has 1 heterocycles. The third-order valence-corrected chi connectivity index (χ3v) is 3.00. The molecule has 3 nitrogen and oxygen atoms in total. The highest BCUT2D eigenvalue weighted by Crippen LogP contribution is 2.23. The van der Waals surface area contributed by atoms with Crippen LogP contribution in [0, 0.1) is 0 Å². The summed E-state index contributed by atoms with van der Waals surface area (Å²) in [6, 6.07) is 0.512. The number of nitrogens with two attached hydrogens (primary N) is 1. The second-order valence-electron chi connectivity index (χ2n) is 3.55. The predicted molar refractivity (Wildman–Crippen MR) is 58.3 cm³/mol. The van der Waals surface area contributed by atoms with E-state index in [0.717, 1.165) is 10.8 Å². The molecule has 0 aliphatic rings. The Bertz CT molecular complexity index is 268. The van der Waals surface area contributed by atoms with Crippen LogP contribution in [0.3, 0.4) is 0 Å². The van der Waals surface area contributed by atoms with E-state index >= 15 is 0 Å². The number of rotatable bonds is 3. The Morgan fingerprint density at radius 3 is 2.46 bits per heavy atom. The van der Waals surface area contributed by atoms with Gasteiger partial charge in [-0.2, -0.15) is 0 Å². The number of nitrogens with zero attached hydrogens (tertiary/aromatic N) is 2. The van der Waals surface area contributed by atoms with Gasteiger partial charge in [0.25, 0.3) is 0 Å². The molecule has 1 atom stereocenters. The second kappa shape index (κ2) is 4.07. The molecule has 1 unspecified atom stereocenters. The lowest BCUT2D eigenvalue weighted by Crippen LogP contribution is -2.25. The van der Waals surface area contributed by atoms with Crippen LogP contribution in [-0.4, -0.2) is 18.1 Å². The van der Waals surface area contributed by atoms with Crippen molar-refractivity contribution in [3.63, 3.8) is 0 Å². The fourth-order valence-corrected chi connectivity index (χ4v) is 1.90. The number of anilines is 1. The van der Waals surface area contributed by atoms with E-state index in [1.54, 1.807) is 11.3 Å². The van der Waals surface area contributed by atoms with Crippen LogP contribution in [0.5, 0.6) is 0 Å². The summed E-state index contributed by atoms with van der Waals surface area (Å²) in [5.74, 6) is 0. The van der Waals surface area contributed by atoms with Gasteiger partial charge in [0.05, 0.1) is 5.69 Å². The van der Waals surface area contributed by atoms with E-state index < -0.39 is 0 Å². The molecule has 0 aromatic carbocycles. The molecule has 74 valence electrons. The normalized spacial score (nSPS) is 13.4.